The smallest absolute Gasteiger partial charge is 0.130 e. The fourth-order valence-electron chi connectivity index (χ4n) is 3.47. The van der Waals surface area contributed by atoms with Crippen LogP contribution in [0.1, 0.15) is 22.3 Å². The molecule has 0 heterocycles. The van der Waals surface area contributed by atoms with Gasteiger partial charge in [0.15, 0.2) is 0 Å². The number of rotatable bonds is 6. The molecule has 0 aromatic heterocycles. The molecule has 6 nitrogen and oxygen atoms in total. The summed E-state index contributed by atoms with van der Waals surface area (Å²) in [5, 5.41) is 40.2. The van der Waals surface area contributed by atoms with Gasteiger partial charge in [0.2, 0.25) is 0 Å². The molecule has 4 rings (SSSR count). The highest BCUT2D eigenvalue weighted by atomic mass is 16.3. The zero-order chi connectivity index (χ0) is 23.2. The summed E-state index contributed by atoms with van der Waals surface area (Å²) in [6.07, 6.45) is 0. The lowest BCUT2D eigenvalue weighted by Crippen LogP contribution is -2.07. The minimum atomic E-state index is -0.0963. The van der Waals surface area contributed by atoms with Gasteiger partial charge in [0.25, 0.3) is 0 Å². The Hall–Kier alpha value is -4.58. The summed E-state index contributed by atoms with van der Waals surface area (Å²) in [6, 6.07) is 27.5. The first-order valence-corrected chi connectivity index (χ1v) is 10.3. The summed E-state index contributed by atoms with van der Waals surface area (Å²) >= 11 is 0. The number of hydrogen-bond acceptors (Lipinski definition) is 6. The van der Waals surface area contributed by atoms with Crippen LogP contribution in [0, 0.1) is 0 Å². The maximum Gasteiger partial charge on any atom is 0.130 e. The largest absolute Gasteiger partial charge is 0.508 e. The highest BCUT2D eigenvalue weighted by molar-refractivity contribution is 6.15. The van der Waals surface area contributed by atoms with Gasteiger partial charge in [-0.2, -0.15) is 0 Å². The minimum absolute atomic E-state index is 0.00902. The molecule has 0 amide bonds. The summed E-state index contributed by atoms with van der Waals surface area (Å²) in [5.41, 5.74) is 3.51. The van der Waals surface area contributed by atoms with Gasteiger partial charge in [0.05, 0.1) is 11.4 Å². The van der Waals surface area contributed by atoms with Crippen LogP contribution < -0.4 is 0 Å². The standard InChI is InChI=1S/C27H22N2O4/c30-20-11-13-22(24(32)15-20)26(18-7-3-1-4-8-18)28-17-29-27(19-9-5-2-6-10-19)23-14-12-21(31)16-25(23)33/h1-16,30-33H,17H2. The number of aliphatic imine (C=N–C) groups is 2. The zero-order valence-electron chi connectivity index (χ0n) is 17.6. The van der Waals surface area contributed by atoms with E-state index in [9.17, 15) is 20.4 Å². The summed E-state index contributed by atoms with van der Waals surface area (Å²) < 4.78 is 0. The number of hydrogen-bond donors (Lipinski definition) is 4. The van der Waals surface area contributed by atoms with Crippen molar-refractivity contribution in [2.45, 2.75) is 0 Å². The van der Waals surface area contributed by atoms with Crippen LogP contribution in [0.25, 0.3) is 0 Å². The van der Waals surface area contributed by atoms with E-state index < -0.39 is 0 Å². The Labute approximate surface area is 191 Å². The zero-order valence-corrected chi connectivity index (χ0v) is 17.6. The second-order valence-corrected chi connectivity index (χ2v) is 7.29. The van der Waals surface area contributed by atoms with Gasteiger partial charge in [-0.05, 0) is 24.3 Å². The molecule has 0 atom stereocenters. The van der Waals surface area contributed by atoms with E-state index in [1.165, 1.54) is 24.3 Å². The summed E-state index contributed by atoms with van der Waals surface area (Å²) in [4.78, 5) is 9.30. The Balaban J connectivity index is 1.79. The molecule has 6 heteroatoms. The lowest BCUT2D eigenvalue weighted by atomic mass is 10.0. The number of phenolic OH excluding ortho intramolecular Hbond substituents is 4. The first-order valence-electron chi connectivity index (χ1n) is 10.3. The first kappa shape index (κ1) is 21.6. The third kappa shape index (κ3) is 5.02. The van der Waals surface area contributed by atoms with Crippen molar-refractivity contribution in [3.8, 4) is 23.0 Å². The maximum absolute atomic E-state index is 10.4. The summed E-state index contributed by atoms with van der Waals surface area (Å²) in [5.74, 6) is -0.284. The molecular formula is C27H22N2O4. The summed E-state index contributed by atoms with van der Waals surface area (Å²) in [6.45, 7) is 0.00902. The van der Waals surface area contributed by atoms with Crippen LogP contribution in [-0.2, 0) is 0 Å². The molecule has 0 fully saturated rings. The van der Waals surface area contributed by atoms with E-state index in [4.69, 9.17) is 0 Å². The monoisotopic (exact) mass is 438 g/mol. The summed E-state index contributed by atoms with van der Waals surface area (Å²) in [7, 11) is 0. The van der Waals surface area contributed by atoms with Crippen LogP contribution in [0.2, 0.25) is 0 Å². The molecule has 0 radical (unpaired) electrons. The van der Waals surface area contributed by atoms with Crippen molar-refractivity contribution in [1.29, 1.82) is 0 Å². The molecule has 0 saturated carbocycles. The predicted octanol–water partition coefficient (Wildman–Crippen LogP) is 4.84. The Morgan fingerprint density at radius 3 is 1.27 bits per heavy atom. The highest BCUT2D eigenvalue weighted by Gasteiger charge is 2.14. The Morgan fingerprint density at radius 2 is 0.909 bits per heavy atom. The molecule has 0 bridgehead atoms. The molecule has 4 aromatic carbocycles. The second kappa shape index (κ2) is 9.70. The molecular weight excluding hydrogens is 416 g/mol. The molecule has 0 aliphatic rings. The molecule has 0 aliphatic heterocycles. The number of benzene rings is 4. The van der Waals surface area contributed by atoms with E-state index in [-0.39, 0.29) is 29.7 Å². The molecule has 4 aromatic rings. The SMILES string of the molecule is Oc1ccc(C(=NCN=C(c2ccccc2)c2ccc(O)cc2O)c2ccccc2)c(O)c1. The Kier molecular flexibility index (Phi) is 6.36. The Bertz CT molecular complexity index is 1210. The van der Waals surface area contributed by atoms with Crippen LogP contribution in [0.5, 0.6) is 23.0 Å². The Morgan fingerprint density at radius 1 is 0.515 bits per heavy atom. The van der Waals surface area contributed by atoms with Gasteiger partial charge in [-0.1, -0.05) is 60.7 Å². The van der Waals surface area contributed by atoms with Crippen molar-refractivity contribution < 1.29 is 20.4 Å². The third-order valence-corrected chi connectivity index (χ3v) is 5.02. The van der Waals surface area contributed by atoms with Crippen molar-refractivity contribution in [2.75, 3.05) is 6.67 Å². The first-order chi connectivity index (χ1) is 16.0. The lowest BCUT2D eigenvalue weighted by Gasteiger charge is -2.11. The average Bonchev–Trinajstić information content (AvgIpc) is 2.82. The molecule has 164 valence electrons. The van der Waals surface area contributed by atoms with Crippen molar-refractivity contribution in [3.63, 3.8) is 0 Å². The van der Waals surface area contributed by atoms with Gasteiger partial charge >= 0.3 is 0 Å². The van der Waals surface area contributed by atoms with E-state index in [0.29, 0.717) is 22.6 Å². The van der Waals surface area contributed by atoms with Crippen molar-refractivity contribution >= 4 is 11.4 Å². The quantitative estimate of drug-likeness (QED) is 0.323. The van der Waals surface area contributed by atoms with E-state index in [1.807, 2.05) is 60.7 Å². The molecule has 33 heavy (non-hydrogen) atoms. The van der Waals surface area contributed by atoms with E-state index >= 15 is 0 Å². The third-order valence-electron chi connectivity index (χ3n) is 5.02. The molecule has 0 spiro atoms. The van der Waals surface area contributed by atoms with Crippen LogP contribution in [0.15, 0.2) is 107 Å². The van der Waals surface area contributed by atoms with Crippen LogP contribution in [0.4, 0.5) is 0 Å². The van der Waals surface area contributed by atoms with Crippen molar-refractivity contribution in [3.05, 3.63) is 119 Å². The molecule has 0 saturated heterocycles. The normalized spacial score (nSPS) is 12.0. The van der Waals surface area contributed by atoms with Crippen molar-refractivity contribution in [2.24, 2.45) is 9.98 Å². The average molecular weight is 438 g/mol. The number of aromatic hydroxyl groups is 4. The fourth-order valence-corrected chi connectivity index (χ4v) is 3.47. The van der Waals surface area contributed by atoms with E-state index in [0.717, 1.165) is 11.1 Å². The molecule has 0 aliphatic carbocycles. The van der Waals surface area contributed by atoms with Gasteiger partial charge in [0, 0.05) is 34.4 Å². The van der Waals surface area contributed by atoms with Gasteiger partial charge in [-0.25, -0.2) is 0 Å². The maximum atomic E-state index is 10.4. The second-order valence-electron chi connectivity index (χ2n) is 7.29. The highest BCUT2D eigenvalue weighted by Crippen LogP contribution is 2.27. The van der Waals surface area contributed by atoms with Gasteiger partial charge in [-0.3, -0.25) is 9.98 Å². The van der Waals surface area contributed by atoms with Crippen LogP contribution in [-0.4, -0.2) is 38.5 Å². The number of phenols is 4. The number of nitrogens with zero attached hydrogens (tertiary/aromatic N) is 2. The molecule has 4 N–H and O–H groups in total. The van der Waals surface area contributed by atoms with Crippen LogP contribution in [0.3, 0.4) is 0 Å². The van der Waals surface area contributed by atoms with Gasteiger partial charge in [-0.15, -0.1) is 0 Å². The topological polar surface area (TPSA) is 106 Å². The predicted molar refractivity (Wildman–Crippen MR) is 129 cm³/mol. The minimum Gasteiger partial charge on any atom is -0.508 e. The van der Waals surface area contributed by atoms with Gasteiger partial charge < -0.3 is 20.4 Å². The van der Waals surface area contributed by atoms with Crippen LogP contribution >= 0.6 is 0 Å². The van der Waals surface area contributed by atoms with E-state index in [2.05, 4.69) is 9.98 Å². The fraction of sp³-hybridized carbons (Fsp3) is 0.0370. The molecule has 0 unspecified atom stereocenters. The van der Waals surface area contributed by atoms with E-state index in [1.54, 1.807) is 12.1 Å². The van der Waals surface area contributed by atoms with Crippen molar-refractivity contribution in [1.82, 2.24) is 0 Å². The lowest BCUT2D eigenvalue weighted by molar-refractivity contribution is 0.449. The van der Waals surface area contributed by atoms with Gasteiger partial charge in [0.1, 0.15) is 29.7 Å².